The smallest absolute Gasteiger partial charge is 0.264 e. The first kappa shape index (κ1) is 20.6. The van der Waals surface area contributed by atoms with E-state index in [-0.39, 0.29) is 11.4 Å². The molecule has 31 heavy (non-hydrogen) atoms. The van der Waals surface area contributed by atoms with Crippen LogP contribution in [0.5, 0.6) is 0 Å². The van der Waals surface area contributed by atoms with Crippen LogP contribution in [-0.2, 0) is 14.8 Å². The molecule has 1 N–H and O–H groups in total. The lowest BCUT2D eigenvalue weighted by molar-refractivity contribution is -0.114. The molecule has 4 aromatic rings. The molecule has 0 unspecified atom stereocenters. The number of hydrogen-bond donors (Lipinski definition) is 1. The largest absolute Gasteiger partial charge is 0.324 e. The Morgan fingerprint density at radius 2 is 1.45 bits per heavy atom. The molecule has 0 saturated heterocycles. The Labute approximate surface area is 182 Å². The highest BCUT2D eigenvalue weighted by atomic mass is 32.2. The van der Waals surface area contributed by atoms with Crippen molar-refractivity contribution in [1.29, 1.82) is 0 Å². The fraction of sp³-hybridized carbons (Fsp3) is 0.0800. The number of fused-ring (bicyclic) bond motifs is 1. The summed E-state index contributed by atoms with van der Waals surface area (Å²) in [7, 11) is -3.93. The van der Waals surface area contributed by atoms with Gasteiger partial charge in [0.2, 0.25) is 5.91 Å². The molecule has 0 aromatic heterocycles. The number of anilines is 2. The number of amides is 1. The Morgan fingerprint density at radius 1 is 0.806 bits per heavy atom. The van der Waals surface area contributed by atoms with Crippen molar-refractivity contribution >= 4 is 38.1 Å². The number of sulfonamides is 1. The molecule has 5 nitrogen and oxygen atoms in total. The van der Waals surface area contributed by atoms with Crippen molar-refractivity contribution in [2.24, 2.45) is 0 Å². The Kier molecular flexibility index (Phi) is 5.73. The number of hydrogen-bond acceptors (Lipinski definition) is 3. The van der Waals surface area contributed by atoms with Crippen molar-refractivity contribution in [3.05, 3.63) is 103 Å². The second-order valence-corrected chi connectivity index (χ2v) is 9.05. The number of aryl methyl sites for hydroxylation is 1. The van der Waals surface area contributed by atoms with Gasteiger partial charge in [-0.1, -0.05) is 72.8 Å². The Balaban J connectivity index is 1.70. The lowest BCUT2D eigenvalue weighted by Gasteiger charge is -2.25. The van der Waals surface area contributed by atoms with Gasteiger partial charge in [-0.25, -0.2) is 8.42 Å². The molecule has 0 aliphatic heterocycles. The summed E-state index contributed by atoms with van der Waals surface area (Å²) in [6, 6.07) is 28.6. The van der Waals surface area contributed by atoms with E-state index in [2.05, 4.69) is 5.32 Å². The van der Waals surface area contributed by atoms with E-state index in [1.807, 2.05) is 61.5 Å². The highest BCUT2D eigenvalue weighted by molar-refractivity contribution is 7.92. The van der Waals surface area contributed by atoms with Crippen LogP contribution in [0.4, 0.5) is 11.4 Å². The van der Waals surface area contributed by atoms with E-state index in [9.17, 15) is 13.2 Å². The lowest BCUT2D eigenvalue weighted by atomic mass is 10.1. The van der Waals surface area contributed by atoms with E-state index in [0.717, 1.165) is 20.6 Å². The lowest BCUT2D eigenvalue weighted by Crippen LogP contribution is -2.38. The first-order chi connectivity index (χ1) is 15.0. The van der Waals surface area contributed by atoms with Crippen LogP contribution < -0.4 is 9.62 Å². The molecule has 0 saturated carbocycles. The third kappa shape index (κ3) is 4.29. The second-order valence-electron chi connectivity index (χ2n) is 7.19. The predicted octanol–water partition coefficient (Wildman–Crippen LogP) is 4.98. The number of benzene rings is 4. The zero-order chi connectivity index (χ0) is 21.8. The maximum Gasteiger partial charge on any atom is 0.264 e. The standard InChI is InChI=1S/C25H22N2O3S/c1-19-10-5-8-17-24(19)27(31(29,30)21-13-3-2-4-14-21)18-25(28)26-23-16-9-12-20-11-6-7-15-22(20)23/h2-17H,18H2,1H3,(H,26,28). The van der Waals surface area contributed by atoms with E-state index in [1.54, 1.807) is 30.3 Å². The minimum atomic E-state index is -3.93. The molecule has 0 heterocycles. The van der Waals surface area contributed by atoms with Crippen LogP contribution in [0.2, 0.25) is 0 Å². The van der Waals surface area contributed by atoms with E-state index in [1.165, 1.54) is 12.1 Å². The summed E-state index contributed by atoms with van der Waals surface area (Å²) >= 11 is 0. The quantitative estimate of drug-likeness (QED) is 0.469. The van der Waals surface area contributed by atoms with E-state index >= 15 is 0 Å². The number of carbonyl (C=O) groups is 1. The summed E-state index contributed by atoms with van der Waals surface area (Å²) in [5.74, 6) is -0.417. The van der Waals surface area contributed by atoms with Crippen LogP contribution in [0, 0.1) is 6.92 Å². The first-order valence-electron chi connectivity index (χ1n) is 9.88. The molecule has 0 radical (unpaired) electrons. The highest BCUT2D eigenvalue weighted by Crippen LogP contribution is 2.27. The van der Waals surface area contributed by atoms with Crippen LogP contribution in [0.1, 0.15) is 5.56 Å². The van der Waals surface area contributed by atoms with Crippen LogP contribution in [0.3, 0.4) is 0 Å². The van der Waals surface area contributed by atoms with Gasteiger partial charge in [0, 0.05) is 11.1 Å². The molecule has 156 valence electrons. The molecule has 0 spiro atoms. The van der Waals surface area contributed by atoms with Gasteiger partial charge in [-0.15, -0.1) is 0 Å². The number of nitrogens with zero attached hydrogens (tertiary/aromatic N) is 1. The molecule has 0 aliphatic rings. The van der Waals surface area contributed by atoms with Crippen LogP contribution >= 0.6 is 0 Å². The summed E-state index contributed by atoms with van der Waals surface area (Å²) in [6.07, 6.45) is 0. The molecule has 4 rings (SSSR count). The average molecular weight is 431 g/mol. The normalized spacial score (nSPS) is 11.3. The molecule has 1 amide bonds. The third-order valence-electron chi connectivity index (χ3n) is 5.07. The van der Waals surface area contributed by atoms with Gasteiger partial charge in [-0.2, -0.15) is 0 Å². The van der Waals surface area contributed by atoms with Crippen molar-refractivity contribution in [1.82, 2.24) is 0 Å². The van der Waals surface area contributed by atoms with Crippen LogP contribution in [0.25, 0.3) is 10.8 Å². The molecule has 0 fully saturated rings. The minimum Gasteiger partial charge on any atom is -0.324 e. The van der Waals surface area contributed by atoms with Crippen LogP contribution in [0.15, 0.2) is 102 Å². The van der Waals surface area contributed by atoms with E-state index in [4.69, 9.17) is 0 Å². The molecule has 6 heteroatoms. The average Bonchev–Trinajstić information content (AvgIpc) is 2.79. The van der Waals surface area contributed by atoms with E-state index in [0.29, 0.717) is 11.4 Å². The zero-order valence-electron chi connectivity index (χ0n) is 17.0. The SMILES string of the molecule is Cc1ccccc1N(CC(=O)Nc1cccc2ccccc12)S(=O)(=O)c1ccccc1. The summed E-state index contributed by atoms with van der Waals surface area (Å²) < 4.78 is 28.0. The molecule has 0 bridgehead atoms. The van der Waals surface area contributed by atoms with Crippen molar-refractivity contribution in [2.75, 3.05) is 16.2 Å². The van der Waals surface area contributed by atoms with Gasteiger partial charge in [0.05, 0.1) is 10.6 Å². The van der Waals surface area contributed by atoms with Crippen molar-refractivity contribution in [3.63, 3.8) is 0 Å². The summed E-state index contributed by atoms with van der Waals surface area (Å²) in [5, 5.41) is 4.77. The van der Waals surface area contributed by atoms with Crippen molar-refractivity contribution < 1.29 is 13.2 Å². The number of carbonyl (C=O) groups excluding carboxylic acids is 1. The van der Waals surface area contributed by atoms with Crippen molar-refractivity contribution in [2.45, 2.75) is 11.8 Å². The predicted molar refractivity (Wildman–Crippen MR) is 125 cm³/mol. The molecule has 0 atom stereocenters. The number of para-hydroxylation sites is 1. The molecule has 0 aliphatic carbocycles. The Morgan fingerprint density at radius 3 is 2.23 bits per heavy atom. The zero-order valence-corrected chi connectivity index (χ0v) is 17.8. The Bertz CT molecular complexity index is 1330. The monoisotopic (exact) mass is 430 g/mol. The first-order valence-corrected chi connectivity index (χ1v) is 11.3. The maximum absolute atomic E-state index is 13.4. The Hall–Kier alpha value is -3.64. The van der Waals surface area contributed by atoms with Crippen LogP contribution in [-0.4, -0.2) is 20.9 Å². The van der Waals surface area contributed by atoms with E-state index < -0.39 is 15.9 Å². The van der Waals surface area contributed by atoms with Gasteiger partial charge in [0.15, 0.2) is 0 Å². The minimum absolute atomic E-state index is 0.135. The topological polar surface area (TPSA) is 66.5 Å². The maximum atomic E-state index is 13.4. The fourth-order valence-electron chi connectivity index (χ4n) is 3.52. The summed E-state index contributed by atoms with van der Waals surface area (Å²) in [5.41, 5.74) is 1.88. The van der Waals surface area contributed by atoms with Gasteiger partial charge >= 0.3 is 0 Å². The van der Waals surface area contributed by atoms with Gasteiger partial charge in [-0.3, -0.25) is 9.10 Å². The van der Waals surface area contributed by atoms with Gasteiger partial charge < -0.3 is 5.32 Å². The third-order valence-corrected chi connectivity index (χ3v) is 6.84. The highest BCUT2D eigenvalue weighted by Gasteiger charge is 2.28. The van der Waals surface area contributed by atoms with Gasteiger partial charge in [0.25, 0.3) is 10.0 Å². The molecular weight excluding hydrogens is 408 g/mol. The van der Waals surface area contributed by atoms with Crippen molar-refractivity contribution in [3.8, 4) is 0 Å². The summed E-state index contributed by atoms with van der Waals surface area (Å²) in [6.45, 7) is 1.48. The number of rotatable bonds is 6. The summed E-state index contributed by atoms with van der Waals surface area (Å²) in [4.78, 5) is 13.1. The number of nitrogens with one attached hydrogen (secondary N) is 1. The second kappa shape index (κ2) is 8.62. The molecule has 4 aromatic carbocycles. The van der Waals surface area contributed by atoms with Gasteiger partial charge in [0.1, 0.15) is 6.54 Å². The fourth-order valence-corrected chi connectivity index (χ4v) is 5.02. The molecular formula is C25H22N2O3S. The van der Waals surface area contributed by atoms with Gasteiger partial charge in [-0.05, 0) is 42.1 Å².